The number of rotatable bonds is 5. The second-order valence-corrected chi connectivity index (χ2v) is 11.1. The molecule has 1 amide bonds. The maximum Gasteiger partial charge on any atom is 0.274 e. The number of amidine groups is 1. The zero-order valence-corrected chi connectivity index (χ0v) is 23.2. The van der Waals surface area contributed by atoms with Crippen LogP contribution in [0.25, 0.3) is 11.6 Å². The fourth-order valence-electron chi connectivity index (χ4n) is 4.88. The monoisotopic (exact) mass is 533 g/mol. The normalized spacial score (nSPS) is 14.3. The summed E-state index contributed by atoms with van der Waals surface area (Å²) in [5, 5.41) is 10.4. The first-order valence-corrected chi connectivity index (χ1v) is 13.2. The Labute approximate surface area is 232 Å². The van der Waals surface area contributed by atoms with Crippen molar-refractivity contribution in [3.05, 3.63) is 83.1 Å². The number of nitrogens with one attached hydrogen (secondary N) is 2. The highest BCUT2D eigenvalue weighted by Gasteiger charge is 2.31. The van der Waals surface area contributed by atoms with Crippen LogP contribution in [0.5, 0.6) is 0 Å². The average molecular weight is 534 g/mol. The van der Waals surface area contributed by atoms with Crippen molar-refractivity contribution in [1.82, 2.24) is 24.7 Å². The van der Waals surface area contributed by atoms with Gasteiger partial charge in [-0.15, -0.1) is 0 Å². The van der Waals surface area contributed by atoms with Crippen LogP contribution in [-0.4, -0.2) is 49.6 Å². The Hall–Kier alpha value is -4.86. The largest absolute Gasteiger partial charge is 0.321 e. The van der Waals surface area contributed by atoms with Crippen LogP contribution in [0.1, 0.15) is 53.5 Å². The lowest BCUT2D eigenvalue weighted by molar-refractivity contribution is 0.102. The molecular weight excluding hydrogens is 502 g/mol. The van der Waals surface area contributed by atoms with Gasteiger partial charge in [-0.1, -0.05) is 26.8 Å². The Morgan fingerprint density at radius 1 is 1.05 bits per heavy atom. The Morgan fingerprint density at radius 2 is 1.90 bits per heavy atom. The first-order valence-electron chi connectivity index (χ1n) is 13.2. The van der Waals surface area contributed by atoms with E-state index < -0.39 is 0 Å². The highest BCUT2D eigenvalue weighted by molar-refractivity contribution is 6.36. The molecule has 0 spiro atoms. The molecule has 40 heavy (non-hydrogen) atoms. The number of carbonyl (C=O) groups excluding carboxylic acids is 1. The molecule has 0 fully saturated rings. The minimum Gasteiger partial charge on any atom is -0.321 e. The number of hydrogen-bond acceptors (Lipinski definition) is 8. The fourth-order valence-corrected chi connectivity index (χ4v) is 4.88. The van der Waals surface area contributed by atoms with Crippen LogP contribution in [0.15, 0.2) is 60.1 Å². The Bertz CT molecular complexity index is 1690. The van der Waals surface area contributed by atoms with Gasteiger partial charge in [0, 0.05) is 49.0 Å². The Morgan fingerprint density at radius 3 is 2.67 bits per heavy atom. The zero-order valence-electron chi connectivity index (χ0n) is 23.2. The van der Waals surface area contributed by atoms with Crippen LogP contribution in [0.2, 0.25) is 0 Å². The van der Waals surface area contributed by atoms with E-state index in [9.17, 15) is 4.79 Å². The lowest BCUT2D eigenvalue weighted by atomic mass is 9.87. The molecule has 3 aromatic heterocycles. The fraction of sp³-hybridized carbons (Fsp3) is 0.267. The predicted octanol–water partition coefficient (Wildman–Crippen LogP) is 4.98. The standard InChI is InChI=1S/C30H31N9O/c1-18-6-7-21(35-28(40)25-13-20(8-9-31-25)30(2,3)4)14-23(18)24-12-19-15-33-29(36-22-16-34-38(5)17-22)37-26(19)39-11-10-32-27(24)39/h6-9,12-17H,10-11H2,1-5H3,(H,35,40)(H,33,36,37). The zero-order chi connectivity index (χ0) is 28.0. The number of benzene rings is 1. The summed E-state index contributed by atoms with van der Waals surface area (Å²) in [6.45, 7) is 9.81. The van der Waals surface area contributed by atoms with Crippen molar-refractivity contribution < 1.29 is 4.79 Å². The number of aromatic nitrogens is 5. The molecule has 0 bridgehead atoms. The molecule has 10 nitrogen and oxygen atoms in total. The second-order valence-electron chi connectivity index (χ2n) is 11.1. The summed E-state index contributed by atoms with van der Waals surface area (Å²) < 4.78 is 1.72. The highest BCUT2D eigenvalue weighted by atomic mass is 16.1. The molecule has 0 saturated carbocycles. The average Bonchev–Trinajstić information content (AvgIpc) is 3.58. The van der Waals surface area contributed by atoms with Crippen molar-refractivity contribution in [2.75, 3.05) is 28.6 Å². The third kappa shape index (κ3) is 4.84. The van der Waals surface area contributed by atoms with E-state index in [0.717, 1.165) is 51.7 Å². The number of aliphatic imine (C=N–C) groups is 1. The molecule has 0 aliphatic carbocycles. The molecule has 4 aromatic rings. The van der Waals surface area contributed by atoms with E-state index in [1.54, 1.807) is 17.1 Å². The number of hydrogen-bond donors (Lipinski definition) is 2. The molecular formula is C30H31N9O. The van der Waals surface area contributed by atoms with E-state index in [4.69, 9.17) is 9.98 Å². The molecule has 0 unspecified atom stereocenters. The molecule has 2 N–H and O–H groups in total. The van der Waals surface area contributed by atoms with Gasteiger partial charge in [-0.05, 0) is 59.4 Å². The molecule has 10 heteroatoms. The number of anilines is 4. The first kappa shape index (κ1) is 25.4. The Balaban J connectivity index is 1.31. The SMILES string of the molecule is Cc1ccc(NC(=O)c2cc(C(C)(C)C)ccn2)cc1C1=Cc2cnc(Nc3cnn(C)c3)nc2N2CCN=C12. The van der Waals surface area contributed by atoms with E-state index in [0.29, 0.717) is 23.9 Å². The summed E-state index contributed by atoms with van der Waals surface area (Å²) >= 11 is 0. The van der Waals surface area contributed by atoms with Gasteiger partial charge < -0.3 is 15.5 Å². The van der Waals surface area contributed by atoms with E-state index >= 15 is 0 Å². The van der Waals surface area contributed by atoms with Gasteiger partial charge in [0.2, 0.25) is 5.95 Å². The molecule has 1 aromatic carbocycles. The van der Waals surface area contributed by atoms with Gasteiger partial charge in [-0.25, -0.2) is 4.98 Å². The molecule has 202 valence electrons. The summed E-state index contributed by atoms with van der Waals surface area (Å²) in [7, 11) is 1.86. The van der Waals surface area contributed by atoms with E-state index in [-0.39, 0.29) is 11.3 Å². The van der Waals surface area contributed by atoms with Gasteiger partial charge in [-0.2, -0.15) is 10.1 Å². The predicted molar refractivity (Wildman–Crippen MR) is 158 cm³/mol. The summed E-state index contributed by atoms with van der Waals surface area (Å²) in [5.74, 6) is 1.93. The highest BCUT2D eigenvalue weighted by Crippen LogP contribution is 2.37. The van der Waals surface area contributed by atoms with Crippen LogP contribution >= 0.6 is 0 Å². The maximum absolute atomic E-state index is 13.1. The van der Waals surface area contributed by atoms with Gasteiger partial charge in [0.25, 0.3) is 5.91 Å². The summed E-state index contributed by atoms with van der Waals surface area (Å²) in [6.07, 6.45) is 9.19. The van der Waals surface area contributed by atoms with E-state index in [1.807, 2.05) is 49.8 Å². The first-order chi connectivity index (χ1) is 19.2. The third-order valence-electron chi connectivity index (χ3n) is 7.04. The van der Waals surface area contributed by atoms with Gasteiger partial charge in [0.15, 0.2) is 0 Å². The van der Waals surface area contributed by atoms with Crippen molar-refractivity contribution in [3.63, 3.8) is 0 Å². The number of fused-ring (bicyclic) bond motifs is 3. The lowest BCUT2D eigenvalue weighted by Gasteiger charge is -2.28. The minimum atomic E-state index is -0.245. The quantitative estimate of drug-likeness (QED) is 0.372. The van der Waals surface area contributed by atoms with Crippen molar-refractivity contribution in [3.8, 4) is 0 Å². The van der Waals surface area contributed by atoms with Crippen LogP contribution in [0.4, 0.5) is 23.1 Å². The molecule has 2 aliphatic heterocycles. The van der Waals surface area contributed by atoms with Crippen LogP contribution in [0, 0.1) is 6.92 Å². The van der Waals surface area contributed by atoms with E-state index in [1.165, 1.54) is 0 Å². The van der Waals surface area contributed by atoms with Gasteiger partial charge in [-0.3, -0.25) is 19.5 Å². The van der Waals surface area contributed by atoms with Gasteiger partial charge in [0.1, 0.15) is 17.3 Å². The van der Waals surface area contributed by atoms with Crippen LogP contribution in [-0.2, 0) is 12.5 Å². The Kier molecular flexibility index (Phi) is 6.17. The lowest BCUT2D eigenvalue weighted by Crippen LogP contribution is -2.32. The molecule has 2 aliphatic rings. The van der Waals surface area contributed by atoms with Crippen LogP contribution < -0.4 is 15.5 Å². The number of pyridine rings is 1. The van der Waals surface area contributed by atoms with Crippen molar-refractivity contribution in [2.24, 2.45) is 12.0 Å². The maximum atomic E-state index is 13.1. The molecule has 6 rings (SSSR count). The summed E-state index contributed by atoms with van der Waals surface area (Å²) in [5.41, 5.74) is 6.83. The number of nitrogens with zero attached hydrogens (tertiary/aromatic N) is 7. The molecule has 0 radical (unpaired) electrons. The van der Waals surface area contributed by atoms with E-state index in [2.05, 4.69) is 64.4 Å². The van der Waals surface area contributed by atoms with Crippen LogP contribution in [0.3, 0.4) is 0 Å². The molecule has 0 atom stereocenters. The molecule has 0 saturated heterocycles. The number of carbonyl (C=O) groups is 1. The third-order valence-corrected chi connectivity index (χ3v) is 7.04. The van der Waals surface area contributed by atoms with Crippen molar-refractivity contribution in [1.29, 1.82) is 0 Å². The van der Waals surface area contributed by atoms with Gasteiger partial charge in [0.05, 0.1) is 18.4 Å². The topological polar surface area (TPSA) is 113 Å². The minimum absolute atomic E-state index is 0.0775. The summed E-state index contributed by atoms with van der Waals surface area (Å²) in [4.78, 5) is 33.7. The van der Waals surface area contributed by atoms with Crippen molar-refractivity contribution in [2.45, 2.75) is 33.1 Å². The van der Waals surface area contributed by atoms with Gasteiger partial charge >= 0.3 is 0 Å². The number of amides is 1. The van der Waals surface area contributed by atoms with Crippen molar-refractivity contribution >= 4 is 46.5 Å². The smallest absolute Gasteiger partial charge is 0.274 e. The number of aryl methyl sites for hydroxylation is 2. The molecule has 5 heterocycles. The summed E-state index contributed by atoms with van der Waals surface area (Å²) in [6, 6.07) is 9.72. The second kappa shape index (κ2) is 9.71.